The first-order valence-electron chi connectivity index (χ1n) is 4.42. The Morgan fingerprint density at radius 1 is 1.77 bits per heavy atom. The normalized spacial score (nSPS) is 21.2. The quantitative estimate of drug-likeness (QED) is 0.696. The minimum atomic E-state index is -0.696. The number of fused-ring (bicyclic) bond motifs is 1. The summed E-state index contributed by atoms with van der Waals surface area (Å²) < 4.78 is 2.00. The van der Waals surface area contributed by atoms with E-state index in [0.29, 0.717) is 6.54 Å². The summed E-state index contributed by atoms with van der Waals surface area (Å²) >= 11 is 0. The Morgan fingerprint density at radius 2 is 2.54 bits per heavy atom. The molecule has 1 atom stereocenters. The van der Waals surface area contributed by atoms with Crippen molar-refractivity contribution in [2.75, 3.05) is 0 Å². The first-order valence-corrected chi connectivity index (χ1v) is 4.42. The van der Waals surface area contributed by atoms with E-state index in [4.69, 9.17) is 5.11 Å². The van der Waals surface area contributed by atoms with E-state index in [9.17, 15) is 4.79 Å². The third-order valence-corrected chi connectivity index (χ3v) is 2.64. The molecule has 1 unspecified atom stereocenters. The fourth-order valence-corrected chi connectivity index (χ4v) is 1.80. The molecule has 4 nitrogen and oxygen atoms in total. The smallest absolute Gasteiger partial charge is 0.308 e. The van der Waals surface area contributed by atoms with Gasteiger partial charge in [-0.1, -0.05) is 0 Å². The molecule has 2 rings (SSSR count). The lowest BCUT2D eigenvalue weighted by Gasteiger charge is -2.21. The zero-order chi connectivity index (χ0) is 9.42. The first-order chi connectivity index (χ1) is 6.18. The molecule has 1 aromatic rings. The van der Waals surface area contributed by atoms with Gasteiger partial charge in [-0.05, 0) is 19.8 Å². The summed E-state index contributed by atoms with van der Waals surface area (Å²) in [6.45, 7) is 2.49. The van der Waals surface area contributed by atoms with Gasteiger partial charge in [0.05, 0.1) is 5.92 Å². The van der Waals surface area contributed by atoms with Crippen LogP contribution < -0.4 is 0 Å². The molecule has 1 N–H and O–H groups in total. The fraction of sp³-hybridized carbons (Fsp3) is 0.556. The summed E-state index contributed by atoms with van der Waals surface area (Å²) in [6.07, 6.45) is 3.41. The van der Waals surface area contributed by atoms with Crippen molar-refractivity contribution < 1.29 is 9.90 Å². The zero-order valence-corrected chi connectivity index (χ0v) is 7.53. The van der Waals surface area contributed by atoms with Gasteiger partial charge in [-0.15, -0.1) is 0 Å². The van der Waals surface area contributed by atoms with E-state index in [0.717, 1.165) is 24.4 Å². The van der Waals surface area contributed by atoms with Crippen molar-refractivity contribution in [2.45, 2.75) is 26.3 Å². The molecule has 1 aliphatic heterocycles. The number of carboxylic acids is 1. The van der Waals surface area contributed by atoms with Crippen LogP contribution in [0.25, 0.3) is 0 Å². The SMILES string of the molecule is Cc1ncc2n1CC(C(=O)O)CC2. The molecule has 2 heterocycles. The van der Waals surface area contributed by atoms with Crippen molar-refractivity contribution in [3.05, 3.63) is 17.7 Å². The minimum Gasteiger partial charge on any atom is -0.481 e. The van der Waals surface area contributed by atoms with Gasteiger partial charge in [0.15, 0.2) is 0 Å². The van der Waals surface area contributed by atoms with Gasteiger partial charge in [-0.2, -0.15) is 0 Å². The van der Waals surface area contributed by atoms with Crippen molar-refractivity contribution in [3.63, 3.8) is 0 Å². The van der Waals surface area contributed by atoms with Crippen molar-refractivity contribution in [2.24, 2.45) is 5.92 Å². The predicted molar refractivity (Wildman–Crippen MR) is 46.4 cm³/mol. The third kappa shape index (κ3) is 1.32. The van der Waals surface area contributed by atoms with Crippen LogP contribution in [0.4, 0.5) is 0 Å². The number of rotatable bonds is 1. The lowest BCUT2D eigenvalue weighted by Crippen LogP contribution is -2.26. The number of carbonyl (C=O) groups is 1. The van der Waals surface area contributed by atoms with Crippen LogP contribution in [0.1, 0.15) is 17.9 Å². The Kier molecular flexibility index (Phi) is 1.83. The molecule has 13 heavy (non-hydrogen) atoms. The van der Waals surface area contributed by atoms with E-state index in [1.54, 1.807) is 0 Å². The Morgan fingerprint density at radius 3 is 3.23 bits per heavy atom. The van der Waals surface area contributed by atoms with Crippen LogP contribution in [0, 0.1) is 12.8 Å². The van der Waals surface area contributed by atoms with E-state index in [-0.39, 0.29) is 5.92 Å². The lowest BCUT2D eigenvalue weighted by atomic mass is 9.98. The second kappa shape index (κ2) is 2.87. The van der Waals surface area contributed by atoms with E-state index in [1.165, 1.54) is 0 Å². The highest BCUT2D eigenvalue weighted by Crippen LogP contribution is 2.21. The van der Waals surface area contributed by atoms with Crippen molar-refractivity contribution in [3.8, 4) is 0 Å². The maximum absolute atomic E-state index is 10.8. The lowest BCUT2D eigenvalue weighted by molar-refractivity contribution is -0.142. The van der Waals surface area contributed by atoms with Crippen LogP contribution in [0.2, 0.25) is 0 Å². The van der Waals surface area contributed by atoms with Gasteiger partial charge in [0, 0.05) is 18.4 Å². The molecular weight excluding hydrogens is 168 g/mol. The highest BCUT2D eigenvalue weighted by atomic mass is 16.4. The number of carboxylic acid groups (broad SMARTS) is 1. The minimum absolute atomic E-state index is 0.236. The molecule has 0 saturated carbocycles. The maximum Gasteiger partial charge on any atom is 0.308 e. The molecule has 1 aliphatic rings. The molecule has 70 valence electrons. The number of aromatic nitrogens is 2. The highest BCUT2D eigenvalue weighted by molar-refractivity contribution is 5.70. The van der Waals surface area contributed by atoms with Gasteiger partial charge in [0.1, 0.15) is 5.82 Å². The molecule has 0 bridgehead atoms. The second-order valence-electron chi connectivity index (χ2n) is 3.48. The summed E-state index contributed by atoms with van der Waals surface area (Å²) in [5.41, 5.74) is 1.16. The molecule has 1 aromatic heterocycles. The summed E-state index contributed by atoms with van der Waals surface area (Å²) in [7, 11) is 0. The van der Waals surface area contributed by atoms with E-state index in [2.05, 4.69) is 4.98 Å². The van der Waals surface area contributed by atoms with Crippen molar-refractivity contribution in [1.29, 1.82) is 0 Å². The molecule has 4 heteroatoms. The molecule has 0 fully saturated rings. The number of aliphatic carboxylic acids is 1. The Balaban J connectivity index is 2.27. The zero-order valence-electron chi connectivity index (χ0n) is 7.53. The van der Waals surface area contributed by atoms with Crippen LogP contribution >= 0.6 is 0 Å². The summed E-state index contributed by atoms with van der Waals surface area (Å²) in [5.74, 6) is -0.0138. The number of aryl methyl sites for hydroxylation is 2. The largest absolute Gasteiger partial charge is 0.481 e. The molecular formula is C9H12N2O2. The molecule has 0 aliphatic carbocycles. The highest BCUT2D eigenvalue weighted by Gasteiger charge is 2.24. The first kappa shape index (κ1) is 8.29. The average Bonchev–Trinajstić information content (AvgIpc) is 2.47. The molecule has 0 aromatic carbocycles. The summed E-state index contributed by atoms with van der Waals surface area (Å²) in [6, 6.07) is 0. The number of imidazole rings is 1. The number of nitrogens with zero attached hydrogens (tertiary/aromatic N) is 2. The van der Waals surface area contributed by atoms with Crippen molar-refractivity contribution >= 4 is 5.97 Å². The van der Waals surface area contributed by atoms with E-state index in [1.807, 2.05) is 17.7 Å². The van der Waals surface area contributed by atoms with Gasteiger partial charge in [0.25, 0.3) is 0 Å². The van der Waals surface area contributed by atoms with Gasteiger partial charge in [0.2, 0.25) is 0 Å². The Labute approximate surface area is 76.2 Å². The number of hydrogen-bond donors (Lipinski definition) is 1. The van der Waals surface area contributed by atoms with Gasteiger partial charge < -0.3 is 9.67 Å². The summed E-state index contributed by atoms with van der Waals surface area (Å²) in [5, 5.41) is 8.86. The third-order valence-electron chi connectivity index (χ3n) is 2.64. The van der Waals surface area contributed by atoms with Gasteiger partial charge >= 0.3 is 5.97 Å². The average molecular weight is 180 g/mol. The van der Waals surface area contributed by atoms with Crippen molar-refractivity contribution in [1.82, 2.24) is 9.55 Å². The Bertz CT molecular complexity index is 343. The molecule has 0 radical (unpaired) electrons. The maximum atomic E-state index is 10.8. The van der Waals surface area contributed by atoms with E-state index < -0.39 is 5.97 Å². The molecule has 0 amide bonds. The van der Waals surface area contributed by atoms with Crippen LogP contribution in [0.5, 0.6) is 0 Å². The fourth-order valence-electron chi connectivity index (χ4n) is 1.80. The topological polar surface area (TPSA) is 55.1 Å². The van der Waals surface area contributed by atoms with Crippen LogP contribution in [0.3, 0.4) is 0 Å². The molecule has 0 spiro atoms. The molecule has 0 saturated heterocycles. The van der Waals surface area contributed by atoms with Gasteiger partial charge in [-0.3, -0.25) is 4.79 Å². The second-order valence-corrected chi connectivity index (χ2v) is 3.48. The Hall–Kier alpha value is -1.32. The summed E-state index contributed by atoms with van der Waals surface area (Å²) in [4.78, 5) is 14.9. The predicted octanol–water partition coefficient (Wildman–Crippen LogP) is 0.839. The monoisotopic (exact) mass is 180 g/mol. The van der Waals surface area contributed by atoms with E-state index >= 15 is 0 Å². The van der Waals surface area contributed by atoms with Crippen LogP contribution in [-0.2, 0) is 17.8 Å². The van der Waals surface area contributed by atoms with Gasteiger partial charge in [-0.25, -0.2) is 4.98 Å². The standard InChI is InChI=1S/C9H12N2O2/c1-6-10-4-8-3-2-7(9(12)13)5-11(6)8/h4,7H,2-3,5H2,1H3,(H,12,13). The van der Waals surface area contributed by atoms with Crippen LogP contribution in [0.15, 0.2) is 6.20 Å². The number of hydrogen-bond acceptors (Lipinski definition) is 2. The van der Waals surface area contributed by atoms with Crippen LogP contribution in [-0.4, -0.2) is 20.6 Å².